The monoisotopic (exact) mass is 503 g/mol. The molecule has 1 N–H and O–H groups in total. The van der Waals surface area contributed by atoms with Crippen LogP contribution in [0.2, 0.25) is 0 Å². The molecule has 196 valence electrons. The average Bonchev–Trinajstić information content (AvgIpc) is 3.20. The van der Waals surface area contributed by atoms with Crippen LogP contribution >= 0.6 is 0 Å². The number of methoxy groups -OCH3 is 1. The molecule has 2 aromatic carbocycles. The number of amides is 1. The third-order valence-corrected chi connectivity index (χ3v) is 6.75. The van der Waals surface area contributed by atoms with Crippen molar-refractivity contribution >= 4 is 29.0 Å². The smallest absolute Gasteiger partial charge is 0.410 e. The number of fused-ring (bicyclic) bond motifs is 1. The van der Waals surface area contributed by atoms with E-state index >= 15 is 0 Å². The lowest BCUT2D eigenvalue weighted by atomic mass is 9.99. The van der Waals surface area contributed by atoms with E-state index in [4.69, 9.17) is 4.74 Å². The van der Waals surface area contributed by atoms with Crippen LogP contribution in [-0.2, 0) is 20.7 Å². The summed E-state index contributed by atoms with van der Waals surface area (Å²) >= 11 is 0. The molecule has 7 nitrogen and oxygen atoms in total. The molecule has 1 saturated heterocycles. The van der Waals surface area contributed by atoms with E-state index in [1.165, 1.54) is 29.8 Å². The number of aryl methyl sites for hydroxylation is 1. The van der Waals surface area contributed by atoms with E-state index in [-0.39, 0.29) is 18.1 Å². The first-order chi connectivity index (χ1) is 17.6. The summed E-state index contributed by atoms with van der Waals surface area (Å²) in [4.78, 5) is 32.1. The highest BCUT2D eigenvalue weighted by molar-refractivity contribution is 5.87. The molecular weight excluding hydrogens is 466 g/mol. The highest BCUT2D eigenvalue weighted by atomic mass is 16.6. The van der Waals surface area contributed by atoms with Gasteiger partial charge in [0, 0.05) is 48.9 Å². The molecule has 0 saturated carbocycles. The van der Waals surface area contributed by atoms with Crippen LogP contribution in [-0.4, -0.2) is 65.7 Å². The van der Waals surface area contributed by atoms with Crippen molar-refractivity contribution in [2.75, 3.05) is 33.3 Å². The molecule has 1 amide bonds. The molecule has 1 unspecified atom stereocenters. The van der Waals surface area contributed by atoms with E-state index < -0.39 is 5.60 Å². The summed E-state index contributed by atoms with van der Waals surface area (Å²) in [5.74, 6) is -0.386. The van der Waals surface area contributed by atoms with Crippen molar-refractivity contribution in [1.82, 2.24) is 14.8 Å². The van der Waals surface area contributed by atoms with Crippen LogP contribution in [0.4, 0.5) is 4.79 Å². The number of hydrogen-bond acceptors (Lipinski definition) is 5. The Bertz CT molecular complexity index is 1270. The molecule has 4 rings (SSSR count). The zero-order valence-corrected chi connectivity index (χ0v) is 22.4. The number of hydrogen-bond donors (Lipinski definition) is 1. The van der Waals surface area contributed by atoms with Gasteiger partial charge < -0.3 is 19.4 Å². The number of carbonyl (C=O) groups is 2. The van der Waals surface area contributed by atoms with E-state index in [0.29, 0.717) is 13.1 Å². The molecule has 37 heavy (non-hydrogen) atoms. The molecule has 1 aliphatic rings. The molecule has 0 spiro atoms. The largest absolute Gasteiger partial charge is 0.466 e. The molecule has 3 aromatic rings. The van der Waals surface area contributed by atoms with Crippen molar-refractivity contribution in [2.24, 2.45) is 0 Å². The molecule has 1 aliphatic heterocycles. The van der Waals surface area contributed by atoms with Crippen molar-refractivity contribution in [3.63, 3.8) is 0 Å². The van der Waals surface area contributed by atoms with E-state index in [2.05, 4.69) is 57.9 Å². The molecule has 0 aliphatic carbocycles. The van der Waals surface area contributed by atoms with Gasteiger partial charge in [0.05, 0.1) is 13.2 Å². The zero-order valence-electron chi connectivity index (χ0n) is 22.4. The third kappa shape index (κ3) is 6.60. The Balaban J connectivity index is 1.55. The topological polar surface area (TPSA) is 74.9 Å². The van der Waals surface area contributed by atoms with Gasteiger partial charge in [-0.05, 0) is 62.9 Å². The van der Waals surface area contributed by atoms with Gasteiger partial charge >= 0.3 is 12.1 Å². The van der Waals surface area contributed by atoms with E-state index in [1.54, 1.807) is 6.08 Å². The number of rotatable bonds is 6. The predicted molar refractivity (Wildman–Crippen MR) is 146 cm³/mol. The highest BCUT2D eigenvalue weighted by Gasteiger charge is 2.33. The van der Waals surface area contributed by atoms with Crippen LogP contribution in [0.5, 0.6) is 0 Å². The fraction of sp³-hybridized carbons (Fsp3) is 0.400. The van der Waals surface area contributed by atoms with E-state index in [0.717, 1.165) is 36.2 Å². The molecule has 1 aromatic heterocycles. The van der Waals surface area contributed by atoms with Crippen LogP contribution in [0.25, 0.3) is 17.0 Å². The molecule has 1 fully saturated rings. The standard InChI is InChI=1S/C30H37N3O4/c1-21-24(25-8-6-7-9-26(25)31-21)16-17-32-18-19-33(29(35)37-30(2,3)4)20-27(32)23-13-10-22(11-14-23)12-15-28(34)36-5/h6-15,27,31H,16-20H2,1-5H3. The predicted octanol–water partition coefficient (Wildman–Crippen LogP) is 5.50. The minimum atomic E-state index is -0.537. The third-order valence-electron chi connectivity index (χ3n) is 6.75. The molecule has 1 atom stereocenters. The maximum Gasteiger partial charge on any atom is 0.410 e. The number of piperazine rings is 1. The van der Waals surface area contributed by atoms with Crippen LogP contribution in [0.1, 0.15) is 49.2 Å². The summed E-state index contributed by atoms with van der Waals surface area (Å²) in [7, 11) is 1.36. The number of H-pyrrole nitrogens is 1. The summed E-state index contributed by atoms with van der Waals surface area (Å²) in [6.45, 7) is 10.6. The van der Waals surface area contributed by atoms with Gasteiger partial charge in [0.2, 0.25) is 0 Å². The highest BCUT2D eigenvalue weighted by Crippen LogP contribution is 2.29. The number of benzene rings is 2. The Hall–Kier alpha value is -3.58. The minimum absolute atomic E-state index is 0.0328. The van der Waals surface area contributed by atoms with Gasteiger partial charge in [-0.3, -0.25) is 4.90 Å². The first kappa shape index (κ1) is 26.5. The van der Waals surface area contributed by atoms with Crippen molar-refractivity contribution < 1.29 is 19.1 Å². The number of ether oxygens (including phenoxy) is 2. The summed E-state index contributed by atoms with van der Waals surface area (Å²) in [5.41, 5.74) is 5.20. The quantitative estimate of drug-likeness (QED) is 0.355. The Labute approximate surface area is 219 Å². The molecule has 2 heterocycles. The fourth-order valence-electron chi connectivity index (χ4n) is 4.87. The van der Waals surface area contributed by atoms with Crippen molar-refractivity contribution in [3.8, 4) is 0 Å². The SMILES string of the molecule is COC(=O)C=Cc1ccc(C2CN(C(=O)OC(C)(C)C)CCN2CCc2c(C)[nH]c3ccccc23)cc1. The van der Waals surface area contributed by atoms with Crippen LogP contribution in [0.15, 0.2) is 54.6 Å². The van der Waals surface area contributed by atoms with Gasteiger partial charge in [-0.15, -0.1) is 0 Å². The minimum Gasteiger partial charge on any atom is -0.466 e. The van der Waals surface area contributed by atoms with Crippen molar-refractivity contribution in [3.05, 3.63) is 77.0 Å². The zero-order chi connectivity index (χ0) is 26.6. The molecular formula is C30H37N3O4. The van der Waals surface area contributed by atoms with Crippen molar-refractivity contribution in [1.29, 1.82) is 0 Å². The van der Waals surface area contributed by atoms with Crippen LogP contribution < -0.4 is 0 Å². The number of carbonyl (C=O) groups excluding carboxylic acids is 2. The maximum atomic E-state index is 12.9. The molecule has 7 heteroatoms. The lowest BCUT2D eigenvalue weighted by Gasteiger charge is -2.42. The second kappa shape index (κ2) is 11.2. The molecule has 0 bridgehead atoms. The first-order valence-corrected chi connectivity index (χ1v) is 12.8. The Morgan fingerprint density at radius 1 is 1.08 bits per heavy atom. The number of nitrogens with zero attached hydrogens (tertiary/aromatic N) is 2. The maximum absolute atomic E-state index is 12.9. The number of para-hydroxylation sites is 1. The second-order valence-corrected chi connectivity index (χ2v) is 10.5. The lowest BCUT2D eigenvalue weighted by Crippen LogP contribution is -2.51. The van der Waals surface area contributed by atoms with Gasteiger partial charge in [-0.1, -0.05) is 42.5 Å². The molecule has 0 radical (unpaired) electrons. The Kier molecular flexibility index (Phi) is 8.03. The summed E-state index contributed by atoms with van der Waals surface area (Å²) in [5, 5.41) is 1.27. The van der Waals surface area contributed by atoms with Gasteiger partial charge in [-0.2, -0.15) is 0 Å². The Morgan fingerprint density at radius 2 is 1.81 bits per heavy atom. The van der Waals surface area contributed by atoms with E-state index in [9.17, 15) is 9.59 Å². The first-order valence-electron chi connectivity index (χ1n) is 12.8. The second-order valence-electron chi connectivity index (χ2n) is 10.5. The van der Waals surface area contributed by atoms with Crippen LogP contribution in [0.3, 0.4) is 0 Å². The number of nitrogens with one attached hydrogen (secondary N) is 1. The number of aromatic nitrogens is 1. The van der Waals surface area contributed by atoms with Gasteiger partial charge in [-0.25, -0.2) is 9.59 Å². The van der Waals surface area contributed by atoms with Gasteiger partial charge in [0.1, 0.15) is 5.60 Å². The normalized spacial score (nSPS) is 16.9. The number of esters is 1. The van der Waals surface area contributed by atoms with Gasteiger partial charge in [0.25, 0.3) is 0 Å². The fourth-order valence-corrected chi connectivity index (χ4v) is 4.87. The van der Waals surface area contributed by atoms with Crippen molar-refractivity contribution in [2.45, 2.75) is 45.8 Å². The summed E-state index contributed by atoms with van der Waals surface area (Å²) in [6, 6.07) is 16.6. The lowest BCUT2D eigenvalue weighted by molar-refractivity contribution is -0.134. The number of aromatic amines is 1. The average molecular weight is 504 g/mol. The Morgan fingerprint density at radius 3 is 2.51 bits per heavy atom. The van der Waals surface area contributed by atoms with Crippen LogP contribution in [0, 0.1) is 6.92 Å². The summed E-state index contributed by atoms with van der Waals surface area (Å²) in [6.07, 6.45) is 3.79. The van der Waals surface area contributed by atoms with E-state index in [1.807, 2.05) is 37.8 Å². The summed E-state index contributed by atoms with van der Waals surface area (Å²) < 4.78 is 10.4. The van der Waals surface area contributed by atoms with Gasteiger partial charge in [0.15, 0.2) is 0 Å².